The maximum atomic E-state index is 12.6. The van der Waals surface area contributed by atoms with Crippen molar-refractivity contribution in [1.29, 1.82) is 0 Å². The topological polar surface area (TPSA) is 82.3 Å². The zero-order chi connectivity index (χ0) is 16.5. The molecule has 0 radical (unpaired) electrons. The Morgan fingerprint density at radius 2 is 1.96 bits per heavy atom. The van der Waals surface area contributed by atoms with E-state index in [4.69, 9.17) is 6.42 Å². The Bertz CT molecular complexity index is 566. The van der Waals surface area contributed by atoms with E-state index in [1.807, 2.05) is 0 Å². The number of terminal acetylenes is 1. The molecular formula is C17H23N3O3. The molecule has 1 spiro atoms. The number of carboxylic acid groups (broad SMARTS) is 1. The van der Waals surface area contributed by atoms with Gasteiger partial charge in [0.05, 0.1) is 0 Å². The van der Waals surface area contributed by atoms with Crippen LogP contribution in [0.15, 0.2) is 10.2 Å². The van der Waals surface area contributed by atoms with Crippen LogP contribution >= 0.6 is 0 Å². The maximum absolute atomic E-state index is 12.6. The van der Waals surface area contributed by atoms with Crippen LogP contribution in [-0.2, 0) is 9.59 Å². The highest BCUT2D eigenvalue weighted by atomic mass is 16.4. The van der Waals surface area contributed by atoms with E-state index in [9.17, 15) is 14.7 Å². The minimum Gasteiger partial charge on any atom is -0.480 e. The molecule has 0 bridgehead atoms. The maximum Gasteiger partial charge on any atom is 0.326 e. The second-order valence-corrected chi connectivity index (χ2v) is 7.17. The van der Waals surface area contributed by atoms with E-state index < -0.39 is 17.7 Å². The molecule has 0 aromatic heterocycles. The van der Waals surface area contributed by atoms with Crippen LogP contribution in [0.25, 0.3) is 0 Å². The number of amides is 1. The first-order chi connectivity index (χ1) is 11.0. The van der Waals surface area contributed by atoms with E-state index in [-0.39, 0.29) is 17.7 Å². The lowest BCUT2D eigenvalue weighted by atomic mass is 9.84. The highest BCUT2D eigenvalue weighted by Crippen LogP contribution is 2.48. The Labute approximate surface area is 136 Å². The van der Waals surface area contributed by atoms with E-state index in [0.717, 1.165) is 25.7 Å². The predicted octanol–water partition coefficient (Wildman–Crippen LogP) is 2.59. The van der Waals surface area contributed by atoms with Gasteiger partial charge in [0.25, 0.3) is 0 Å². The van der Waals surface area contributed by atoms with Crippen molar-refractivity contribution in [3.63, 3.8) is 0 Å². The molecule has 124 valence electrons. The van der Waals surface area contributed by atoms with Gasteiger partial charge in [-0.2, -0.15) is 10.2 Å². The standard InChI is InChI=1S/C17H23N3O3/c1-2-3-9-17(18-19-17)10-6-14(21)20-12-16(7-4-5-8-16)11-13(20)15(22)23/h1,13H,3-12H2,(H,22,23). The quantitative estimate of drug-likeness (QED) is 0.764. The molecule has 1 N–H and O–H groups in total. The monoisotopic (exact) mass is 317 g/mol. The summed E-state index contributed by atoms with van der Waals surface area (Å²) >= 11 is 0. The number of carboxylic acids is 1. The molecule has 6 heteroatoms. The molecule has 23 heavy (non-hydrogen) atoms. The van der Waals surface area contributed by atoms with E-state index in [0.29, 0.717) is 32.2 Å². The van der Waals surface area contributed by atoms with Gasteiger partial charge in [0.1, 0.15) is 6.04 Å². The molecular weight excluding hydrogens is 294 g/mol. The molecule has 6 nitrogen and oxygen atoms in total. The molecule has 1 saturated heterocycles. The third-order valence-electron chi connectivity index (χ3n) is 5.57. The number of likely N-dealkylation sites (tertiary alicyclic amines) is 1. The Morgan fingerprint density at radius 3 is 2.52 bits per heavy atom. The lowest BCUT2D eigenvalue weighted by Gasteiger charge is -2.24. The molecule has 1 atom stereocenters. The number of aliphatic carboxylic acids is 1. The van der Waals surface area contributed by atoms with E-state index in [1.54, 1.807) is 4.90 Å². The Hall–Kier alpha value is -1.90. The molecule has 1 saturated carbocycles. The summed E-state index contributed by atoms with van der Waals surface area (Å²) in [6.45, 7) is 0.592. The number of carbonyl (C=O) groups excluding carboxylic acids is 1. The average molecular weight is 317 g/mol. The van der Waals surface area contributed by atoms with Crippen LogP contribution in [0.4, 0.5) is 0 Å². The third kappa shape index (κ3) is 3.24. The first-order valence-corrected chi connectivity index (χ1v) is 8.39. The molecule has 3 aliphatic rings. The van der Waals surface area contributed by atoms with Crippen molar-refractivity contribution in [2.24, 2.45) is 15.6 Å². The van der Waals surface area contributed by atoms with Gasteiger partial charge in [-0.25, -0.2) is 4.79 Å². The summed E-state index contributed by atoms with van der Waals surface area (Å²) in [5.41, 5.74) is -0.445. The highest BCUT2D eigenvalue weighted by Gasteiger charge is 2.50. The summed E-state index contributed by atoms with van der Waals surface area (Å²) in [5, 5.41) is 17.6. The van der Waals surface area contributed by atoms with E-state index in [2.05, 4.69) is 16.1 Å². The van der Waals surface area contributed by atoms with Gasteiger partial charge in [-0.15, -0.1) is 12.3 Å². The first-order valence-electron chi connectivity index (χ1n) is 8.39. The van der Waals surface area contributed by atoms with Crippen molar-refractivity contribution >= 4 is 11.9 Å². The summed E-state index contributed by atoms with van der Waals surface area (Å²) in [5.74, 6) is 1.60. The van der Waals surface area contributed by atoms with E-state index >= 15 is 0 Å². The Balaban J connectivity index is 1.59. The minimum atomic E-state index is -0.884. The largest absolute Gasteiger partial charge is 0.480 e. The van der Waals surface area contributed by atoms with Crippen molar-refractivity contribution in [2.75, 3.05) is 6.54 Å². The van der Waals surface area contributed by atoms with Crippen LogP contribution in [-0.4, -0.2) is 40.1 Å². The fraction of sp³-hybridized carbons (Fsp3) is 0.765. The van der Waals surface area contributed by atoms with Crippen molar-refractivity contribution in [2.45, 2.75) is 69.5 Å². The summed E-state index contributed by atoms with van der Waals surface area (Å²) in [6.07, 6.45) is 12.3. The van der Waals surface area contributed by atoms with Gasteiger partial charge >= 0.3 is 5.97 Å². The second-order valence-electron chi connectivity index (χ2n) is 7.17. The fourth-order valence-electron chi connectivity index (χ4n) is 4.15. The van der Waals surface area contributed by atoms with Crippen LogP contribution in [0.5, 0.6) is 0 Å². The average Bonchev–Trinajstić information content (AvgIpc) is 2.99. The van der Waals surface area contributed by atoms with E-state index in [1.165, 1.54) is 0 Å². The molecule has 3 rings (SSSR count). The van der Waals surface area contributed by atoms with Crippen LogP contribution in [0.2, 0.25) is 0 Å². The summed E-state index contributed by atoms with van der Waals surface area (Å²) in [6, 6.07) is -0.671. The Morgan fingerprint density at radius 1 is 1.26 bits per heavy atom. The SMILES string of the molecule is C#CCCC1(CCC(=O)N2CC3(CCCC3)CC2C(=O)O)N=N1. The van der Waals surface area contributed by atoms with Crippen molar-refractivity contribution in [3.05, 3.63) is 0 Å². The number of hydrogen-bond acceptors (Lipinski definition) is 4. The fourth-order valence-corrected chi connectivity index (χ4v) is 4.15. The van der Waals surface area contributed by atoms with Crippen LogP contribution < -0.4 is 0 Å². The van der Waals surface area contributed by atoms with Gasteiger partial charge in [0.2, 0.25) is 5.91 Å². The molecule has 1 amide bonds. The van der Waals surface area contributed by atoms with Gasteiger partial charge in [0, 0.05) is 32.2 Å². The van der Waals surface area contributed by atoms with Gasteiger partial charge < -0.3 is 10.0 Å². The van der Waals surface area contributed by atoms with Crippen molar-refractivity contribution < 1.29 is 14.7 Å². The van der Waals surface area contributed by atoms with Crippen LogP contribution in [0.3, 0.4) is 0 Å². The van der Waals surface area contributed by atoms with Crippen LogP contribution in [0, 0.1) is 17.8 Å². The number of hydrogen-bond donors (Lipinski definition) is 1. The summed E-state index contributed by atoms with van der Waals surface area (Å²) in [7, 11) is 0. The number of rotatable bonds is 6. The van der Waals surface area contributed by atoms with Gasteiger partial charge in [0.15, 0.2) is 5.66 Å². The third-order valence-corrected chi connectivity index (χ3v) is 5.57. The zero-order valence-electron chi connectivity index (χ0n) is 13.3. The number of carbonyl (C=O) groups is 2. The summed E-state index contributed by atoms with van der Waals surface area (Å²) < 4.78 is 0. The molecule has 2 aliphatic heterocycles. The smallest absolute Gasteiger partial charge is 0.326 e. The summed E-state index contributed by atoms with van der Waals surface area (Å²) in [4.78, 5) is 25.7. The predicted molar refractivity (Wildman–Crippen MR) is 83.5 cm³/mol. The Kier molecular flexibility index (Phi) is 4.13. The lowest BCUT2D eigenvalue weighted by molar-refractivity contribution is -0.148. The normalized spacial score (nSPS) is 26.4. The van der Waals surface area contributed by atoms with Gasteiger partial charge in [-0.1, -0.05) is 12.8 Å². The minimum absolute atomic E-state index is 0.0359. The highest BCUT2D eigenvalue weighted by molar-refractivity contribution is 5.84. The number of nitrogens with zero attached hydrogens (tertiary/aromatic N) is 3. The van der Waals surface area contributed by atoms with Crippen LogP contribution in [0.1, 0.15) is 57.8 Å². The molecule has 1 aliphatic carbocycles. The van der Waals surface area contributed by atoms with Crippen molar-refractivity contribution in [3.8, 4) is 12.3 Å². The lowest BCUT2D eigenvalue weighted by Crippen LogP contribution is -2.41. The van der Waals surface area contributed by atoms with Gasteiger partial charge in [-0.05, 0) is 24.7 Å². The molecule has 2 heterocycles. The molecule has 1 unspecified atom stereocenters. The molecule has 2 fully saturated rings. The first kappa shape index (κ1) is 16.0. The van der Waals surface area contributed by atoms with Gasteiger partial charge in [-0.3, -0.25) is 4.79 Å². The van der Waals surface area contributed by atoms with Crippen molar-refractivity contribution in [1.82, 2.24) is 4.90 Å². The molecule has 0 aromatic carbocycles. The molecule has 0 aromatic rings. The zero-order valence-corrected chi connectivity index (χ0v) is 13.3. The second kappa shape index (κ2) is 5.95.